The lowest BCUT2D eigenvalue weighted by Gasteiger charge is -2.37. The Hall–Kier alpha value is -2.45. The molecule has 1 aliphatic carbocycles. The Bertz CT molecular complexity index is 619. The molecule has 0 atom stereocenters. The molecule has 1 aliphatic rings. The summed E-state index contributed by atoms with van der Waals surface area (Å²) in [6.07, 6.45) is 5.82. The minimum Gasteiger partial charge on any atom is -0.480 e. The second-order valence-corrected chi connectivity index (χ2v) is 6.26. The Morgan fingerprint density at radius 2 is 2.17 bits per heavy atom. The van der Waals surface area contributed by atoms with E-state index in [1.165, 1.54) is 10.9 Å². The van der Waals surface area contributed by atoms with Gasteiger partial charge in [0, 0.05) is 13.0 Å². The lowest BCUT2D eigenvalue weighted by Crippen LogP contribution is -2.56. The normalized spacial score (nSPS) is 23.6. The summed E-state index contributed by atoms with van der Waals surface area (Å²) in [5.41, 5.74) is -1.34. The van der Waals surface area contributed by atoms with E-state index in [1.54, 1.807) is 0 Å². The molecular formula is C15H22N4O5. The SMILES string of the molecule is CCC1CCC(NC(=O)CCn2cc([N+](=O)[O-])cn2)(C(=O)O)CC1. The molecule has 1 saturated carbocycles. The molecule has 2 N–H and O–H groups in total. The molecule has 0 unspecified atom stereocenters. The molecule has 0 aliphatic heterocycles. The van der Waals surface area contributed by atoms with Crippen molar-refractivity contribution in [2.45, 2.75) is 57.5 Å². The van der Waals surface area contributed by atoms with Gasteiger partial charge in [0.15, 0.2) is 0 Å². The van der Waals surface area contributed by atoms with Gasteiger partial charge in [0.25, 0.3) is 0 Å². The fourth-order valence-corrected chi connectivity index (χ4v) is 3.09. The summed E-state index contributed by atoms with van der Waals surface area (Å²) in [5.74, 6) is -0.871. The number of aromatic nitrogens is 2. The minimum absolute atomic E-state index is 0.0189. The average Bonchev–Trinajstić information content (AvgIpc) is 3.03. The van der Waals surface area contributed by atoms with Crippen LogP contribution in [-0.4, -0.2) is 37.2 Å². The van der Waals surface area contributed by atoms with Crippen LogP contribution in [0.3, 0.4) is 0 Å². The number of carboxylic acid groups (broad SMARTS) is 1. The smallest absolute Gasteiger partial charge is 0.329 e. The molecule has 24 heavy (non-hydrogen) atoms. The van der Waals surface area contributed by atoms with Crippen LogP contribution >= 0.6 is 0 Å². The van der Waals surface area contributed by atoms with Crippen LogP contribution in [0, 0.1) is 16.0 Å². The van der Waals surface area contributed by atoms with Gasteiger partial charge in [-0.1, -0.05) is 13.3 Å². The molecule has 0 spiro atoms. The van der Waals surface area contributed by atoms with E-state index in [9.17, 15) is 24.8 Å². The monoisotopic (exact) mass is 338 g/mol. The third kappa shape index (κ3) is 4.09. The van der Waals surface area contributed by atoms with Gasteiger partial charge < -0.3 is 10.4 Å². The van der Waals surface area contributed by atoms with Crippen molar-refractivity contribution in [3.8, 4) is 0 Å². The Morgan fingerprint density at radius 3 is 2.67 bits per heavy atom. The lowest BCUT2D eigenvalue weighted by atomic mass is 9.75. The highest BCUT2D eigenvalue weighted by molar-refractivity contribution is 5.87. The summed E-state index contributed by atoms with van der Waals surface area (Å²) in [4.78, 5) is 33.8. The van der Waals surface area contributed by atoms with E-state index >= 15 is 0 Å². The van der Waals surface area contributed by atoms with Crippen LogP contribution in [0.25, 0.3) is 0 Å². The number of nitrogens with one attached hydrogen (secondary N) is 1. The molecule has 0 bridgehead atoms. The molecule has 1 amide bonds. The zero-order valence-corrected chi connectivity index (χ0v) is 13.6. The molecule has 1 heterocycles. The highest BCUT2D eigenvalue weighted by Crippen LogP contribution is 2.34. The third-order valence-corrected chi connectivity index (χ3v) is 4.72. The van der Waals surface area contributed by atoms with E-state index in [2.05, 4.69) is 17.3 Å². The Balaban J connectivity index is 1.91. The van der Waals surface area contributed by atoms with Gasteiger partial charge in [-0.05, 0) is 31.6 Å². The topological polar surface area (TPSA) is 127 Å². The van der Waals surface area contributed by atoms with Gasteiger partial charge in [0.05, 0.1) is 4.92 Å². The third-order valence-electron chi connectivity index (χ3n) is 4.72. The molecule has 2 rings (SSSR count). The first-order valence-corrected chi connectivity index (χ1v) is 8.07. The first-order valence-electron chi connectivity index (χ1n) is 8.07. The number of hydrogen-bond donors (Lipinski definition) is 2. The number of aryl methyl sites for hydroxylation is 1. The Morgan fingerprint density at radius 1 is 1.50 bits per heavy atom. The zero-order chi connectivity index (χ0) is 17.7. The van der Waals surface area contributed by atoms with Crippen LogP contribution in [0.4, 0.5) is 5.69 Å². The van der Waals surface area contributed by atoms with E-state index < -0.39 is 16.4 Å². The number of hydrogen-bond acceptors (Lipinski definition) is 5. The fraction of sp³-hybridized carbons (Fsp3) is 0.667. The number of carbonyl (C=O) groups is 2. The van der Waals surface area contributed by atoms with E-state index in [0.29, 0.717) is 18.8 Å². The number of aliphatic carboxylic acids is 1. The van der Waals surface area contributed by atoms with Crippen molar-refractivity contribution in [3.63, 3.8) is 0 Å². The number of carboxylic acids is 1. The first kappa shape index (κ1) is 17.9. The minimum atomic E-state index is -1.20. The molecule has 9 nitrogen and oxygen atoms in total. The number of nitro groups is 1. The number of nitrogens with zero attached hydrogens (tertiary/aromatic N) is 3. The van der Waals surface area contributed by atoms with Crippen molar-refractivity contribution in [2.24, 2.45) is 5.92 Å². The lowest BCUT2D eigenvalue weighted by molar-refractivity contribution is -0.385. The fourth-order valence-electron chi connectivity index (χ4n) is 3.09. The van der Waals surface area contributed by atoms with E-state index in [4.69, 9.17) is 0 Å². The Kier molecular flexibility index (Phi) is 5.53. The molecule has 132 valence electrons. The van der Waals surface area contributed by atoms with Gasteiger partial charge in [-0.2, -0.15) is 5.10 Å². The van der Waals surface area contributed by atoms with Crippen molar-refractivity contribution in [1.82, 2.24) is 15.1 Å². The molecule has 0 radical (unpaired) electrons. The number of rotatable bonds is 7. The van der Waals surface area contributed by atoms with Crippen molar-refractivity contribution >= 4 is 17.6 Å². The molecule has 1 aromatic rings. The maximum absolute atomic E-state index is 12.1. The van der Waals surface area contributed by atoms with Crippen molar-refractivity contribution in [1.29, 1.82) is 0 Å². The van der Waals surface area contributed by atoms with Crippen molar-refractivity contribution in [2.75, 3.05) is 0 Å². The van der Waals surface area contributed by atoms with Gasteiger partial charge in [-0.25, -0.2) is 4.79 Å². The molecular weight excluding hydrogens is 316 g/mol. The maximum atomic E-state index is 12.1. The molecule has 1 aromatic heterocycles. The van der Waals surface area contributed by atoms with E-state index in [-0.39, 0.29) is 24.6 Å². The Labute approximate surface area is 139 Å². The predicted molar refractivity (Wildman–Crippen MR) is 84.3 cm³/mol. The van der Waals surface area contributed by atoms with E-state index in [1.807, 2.05) is 0 Å². The molecule has 1 fully saturated rings. The summed E-state index contributed by atoms with van der Waals surface area (Å²) in [5, 5.41) is 26.6. The highest BCUT2D eigenvalue weighted by Gasteiger charge is 2.42. The van der Waals surface area contributed by atoms with Crippen LogP contribution in [0.5, 0.6) is 0 Å². The average molecular weight is 338 g/mol. The van der Waals surface area contributed by atoms with Crippen LogP contribution in [0.2, 0.25) is 0 Å². The predicted octanol–water partition coefficient (Wildman–Crippen LogP) is 1.72. The second kappa shape index (κ2) is 7.41. The molecule has 0 saturated heterocycles. The summed E-state index contributed by atoms with van der Waals surface area (Å²) in [6, 6.07) is 0. The van der Waals surface area contributed by atoms with Crippen molar-refractivity contribution < 1.29 is 19.6 Å². The van der Waals surface area contributed by atoms with Crippen LogP contribution in [0.1, 0.15) is 45.4 Å². The standard InChI is InChI=1S/C15H22N4O5/c1-2-11-3-6-15(7-4-11,14(21)22)17-13(20)5-8-18-10-12(9-16-18)19(23)24/h9-11H,2-8H2,1H3,(H,17,20)(H,21,22). The molecule has 0 aromatic carbocycles. The maximum Gasteiger partial charge on any atom is 0.329 e. The van der Waals surface area contributed by atoms with Gasteiger partial charge in [-0.15, -0.1) is 0 Å². The number of amides is 1. The molecule has 9 heteroatoms. The zero-order valence-electron chi connectivity index (χ0n) is 13.6. The quantitative estimate of drug-likeness (QED) is 0.575. The highest BCUT2D eigenvalue weighted by atomic mass is 16.6. The summed E-state index contributed by atoms with van der Waals surface area (Å²) >= 11 is 0. The first-order chi connectivity index (χ1) is 11.4. The van der Waals surface area contributed by atoms with Crippen LogP contribution in [-0.2, 0) is 16.1 Å². The van der Waals surface area contributed by atoms with Crippen LogP contribution in [0.15, 0.2) is 12.4 Å². The summed E-state index contributed by atoms with van der Waals surface area (Å²) in [6.45, 7) is 2.24. The summed E-state index contributed by atoms with van der Waals surface area (Å²) in [7, 11) is 0. The van der Waals surface area contributed by atoms with Gasteiger partial charge >= 0.3 is 11.7 Å². The van der Waals surface area contributed by atoms with Crippen LogP contribution < -0.4 is 5.32 Å². The van der Waals surface area contributed by atoms with Gasteiger partial charge in [0.1, 0.15) is 17.9 Å². The summed E-state index contributed by atoms with van der Waals surface area (Å²) < 4.78 is 1.30. The van der Waals surface area contributed by atoms with Gasteiger partial charge in [0.2, 0.25) is 5.91 Å². The van der Waals surface area contributed by atoms with Crippen molar-refractivity contribution in [3.05, 3.63) is 22.5 Å². The number of carbonyl (C=O) groups excluding carboxylic acids is 1. The van der Waals surface area contributed by atoms with Gasteiger partial charge in [-0.3, -0.25) is 19.6 Å². The largest absolute Gasteiger partial charge is 0.480 e. The second-order valence-electron chi connectivity index (χ2n) is 6.26. The van der Waals surface area contributed by atoms with E-state index in [0.717, 1.165) is 25.5 Å².